The Morgan fingerprint density at radius 3 is 1.25 bits per heavy atom. The van der Waals surface area contributed by atoms with Gasteiger partial charge in [-0.15, -0.1) is 0 Å². The molecule has 0 aromatic carbocycles. The maximum atomic E-state index is 10.2. The van der Waals surface area contributed by atoms with Crippen molar-refractivity contribution in [1.82, 2.24) is 0 Å². The van der Waals surface area contributed by atoms with E-state index in [9.17, 15) is 8.78 Å². The lowest BCUT2D eigenvalue weighted by atomic mass is 12.2. The summed E-state index contributed by atoms with van der Waals surface area (Å²) in [7, 11) is 0. The molecule has 0 amide bonds. The van der Waals surface area contributed by atoms with Crippen LogP contribution < -0.4 is 0 Å². The fraction of sp³-hybridized carbons (Fsp3) is 0. The molecule has 24 valence electrons. The minimum Gasteiger partial charge on any atom is -0.213 e. The summed E-state index contributed by atoms with van der Waals surface area (Å²) in [5, 5.41) is 0. The van der Waals surface area contributed by atoms with E-state index in [2.05, 4.69) is 0 Å². The van der Waals surface area contributed by atoms with Crippen molar-refractivity contribution < 1.29 is 8.78 Å². The Labute approximate surface area is 22.7 Å². The van der Waals surface area contributed by atoms with Crippen molar-refractivity contribution >= 4 is 0 Å². The van der Waals surface area contributed by atoms with Crippen LogP contribution in [0.3, 0.4) is 0 Å². The smallest absolute Gasteiger partial charge is 0.115 e. The van der Waals surface area contributed by atoms with E-state index in [-0.39, 0.29) is 12.7 Å². The molecule has 0 aromatic heterocycles. The predicted octanol–water partition coefficient (Wildman–Crippen LogP) is 1.40. The van der Waals surface area contributed by atoms with Crippen LogP contribution in [0.4, 0.5) is 8.78 Å². The van der Waals surface area contributed by atoms with Gasteiger partial charge in [0.25, 0.3) is 0 Å². The molecule has 0 nitrogen and oxygen atoms in total. The highest BCUT2D eigenvalue weighted by atomic mass is 19.2. The molecule has 0 saturated carbocycles. The van der Waals surface area contributed by atoms with Crippen LogP contribution in [-0.4, -0.2) is 0 Å². The molecule has 0 rings (SSSR count). The number of hydrogen-bond donors (Lipinski definition) is 0. The fourth-order valence-electron chi connectivity index (χ4n) is 0. The standard InChI is InChI=1S/C2H2F2/c3-1-2-4/h1-2H/b2-1-/i1+1,2+1. The molecule has 0 saturated heterocycles. The van der Waals surface area contributed by atoms with Gasteiger partial charge in [-0.3, -0.25) is 0 Å². The summed E-state index contributed by atoms with van der Waals surface area (Å²) < 4.78 is 20.3. The first-order valence-electron chi connectivity index (χ1n) is 0.770. The fourth-order valence-corrected chi connectivity index (χ4v) is 0. The summed E-state index contributed by atoms with van der Waals surface area (Å²) in [5.74, 6) is 0. The highest BCUT2D eigenvalue weighted by molar-refractivity contribution is 4.51. The molecule has 0 radical (unpaired) electrons. The van der Waals surface area contributed by atoms with Gasteiger partial charge >= 0.3 is 0 Å². The summed E-state index contributed by atoms with van der Waals surface area (Å²) in [4.78, 5) is 0. The monoisotopic (exact) mass is 66.0 g/mol. The van der Waals surface area contributed by atoms with Crippen LogP contribution in [0.25, 0.3) is 0 Å². The Morgan fingerprint density at radius 2 is 1.25 bits per heavy atom. The first kappa shape index (κ1) is 3.60. The van der Waals surface area contributed by atoms with Crippen molar-refractivity contribution in [2.24, 2.45) is 0 Å². The zero-order chi connectivity index (χ0) is 3.41. The second-order valence-electron chi connectivity index (χ2n) is 0.252. The molecule has 0 fully saturated rings. The second-order valence-corrected chi connectivity index (χ2v) is 0.252. The molecule has 4 heavy (non-hydrogen) atoms. The van der Waals surface area contributed by atoms with Crippen LogP contribution in [0.5, 0.6) is 0 Å². The third-order valence-corrected chi connectivity index (χ3v) is 0.0476. The molecule has 0 unspecified atom stereocenters. The molecular formula is C2H2F2. The van der Waals surface area contributed by atoms with Gasteiger partial charge in [-0.05, 0) is 0 Å². The molecule has 0 atom stereocenters. The van der Waals surface area contributed by atoms with Crippen molar-refractivity contribution in [2.75, 3.05) is 0 Å². The van der Waals surface area contributed by atoms with Gasteiger partial charge in [0, 0.05) is 0 Å². The van der Waals surface area contributed by atoms with Gasteiger partial charge in [0.05, 0.1) is 0 Å². The zero-order valence-electron chi connectivity index (χ0n) is 1.91. The van der Waals surface area contributed by atoms with E-state index >= 15 is 0 Å². The SMILES string of the molecule is F/[13CH]=[13CH]\F. The lowest BCUT2D eigenvalue weighted by molar-refractivity contribution is 0.645. The van der Waals surface area contributed by atoms with E-state index in [0.29, 0.717) is 0 Å². The van der Waals surface area contributed by atoms with Gasteiger partial charge < -0.3 is 0 Å². The lowest BCUT2D eigenvalue weighted by Gasteiger charge is -1.42. The number of halogens is 2. The normalized spacial score (nSPS) is 9.50. The Balaban J connectivity index is 2.55. The van der Waals surface area contributed by atoms with Gasteiger partial charge in [0.1, 0.15) is 12.7 Å². The molecule has 0 spiro atoms. The van der Waals surface area contributed by atoms with Crippen molar-refractivity contribution in [3.8, 4) is 0 Å². The van der Waals surface area contributed by atoms with Crippen LogP contribution in [0.1, 0.15) is 0 Å². The highest BCUT2D eigenvalue weighted by Crippen LogP contribution is 1.67. The Morgan fingerprint density at radius 1 is 1.00 bits per heavy atom. The van der Waals surface area contributed by atoms with E-state index in [1.54, 1.807) is 0 Å². The quantitative estimate of drug-likeness (QED) is 0.375. The molecule has 0 heterocycles. The van der Waals surface area contributed by atoms with Crippen molar-refractivity contribution in [3.05, 3.63) is 12.7 Å². The van der Waals surface area contributed by atoms with Crippen LogP contribution >= 0.6 is 0 Å². The van der Waals surface area contributed by atoms with Crippen molar-refractivity contribution in [2.45, 2.75) is 0 Å². The number of rotatable bonds is 0. The van der Waals surface area contributed by atoms with E-state index in [4.69, 9.17) is 0 Å². The van der Waals surface area contributed by atoms with Crippen LogP contribution in [0.15, 0.2) is 12.7 Å². The van der Waals surface area contributed by atoms with Crippen molar-refractivity contribution in [1.29, 1.82) is 0 Å². The van der Waals surface area contributed by atoms with Gasteiger partial charge in [0.2, 0.25) is 0 Å². The first-order valence-corrected chi connectivity index (χ1v) is 0.770. The van der Waals surface area contributed by atoms with Crippen LogP contribution in [0, 0.1) is 0 Å². The molecular weight excluding hydrogens is 64.0 g/mol. The molecule has 0 bridgehead atoms. The van der Waals surface area contributed by atoms with E-state index in [1.165, 1.54) is 0 Å². The summed E-state index contributed by atoms with van der Waals surface area (Å²) in [6.07, 6.45) is -0.333. The average Bonchev–Trinajstić information content (AvgIpc) is 1.37. The summed E-state index contributed by atoms with van der Waals surface area (Å²) in [6.45, 7) is 0. The molecule has 2 heteroatoms. The topological polar surface area (TPSA) is 0 Å². The van der Waals surface area contributed by atoms with Crippen LogP contribution in [0.2, 0.25) is 0 Å². The van der Waals surface area contributed by atoms with E-state index in [1.807, 2.05) is 0 Å². The minimum absolute atomic E-state index is 0.167. The number of hydrogen-bond acceptors (Lipinski definition) is 0. The minimum atomic E-state index is -0.167. The summed E-state index contributed by atoms with van der Waals surface area (Å²) >= 11 is 0. The van der Waals surface area contributed by atoms with E-state index in [0.717, 1.165) is 0 Å². The van der Waals surface area contributed by atoms with Gasteiger partial charge in [-0.1, -0.05) is 0 Å². The van der Waals surface area contributed by atoms with Gasteiger partial charge in [0.15, 0.2) is 0 Å². The third-order valence-electron chi connectivity index (χ3n) is 0.0476. The molecule has 0 aliphatic rings. The highest BCUT2D eigenvalue weighted by Gasteiger charge is 1.43. The Bertz CT molecular complexity index is 19.2. The average molecular weight is 66.0 g/mol. The summed E-state index contributed by atoms with van der Waals surface area (Å²) in [5.41, 5.74) is 0. The zero-order valence-corrected chi connectivity index (χ0v) is 1.91. The lowest BCUT2D eigenvalue weighted by Crippen LogP contribution is -1.18. The molecule has 0 N–H and O–H groups in total. The molecule has 0 aliphatic heterocycles. The predicted molar refractivity (Wildman–Crippen MR) is 11.4 cm³/mol. The van der Waals surface area contributed by atoms with Crippen molar-refractivity contribution in [3.63, 3.8) is 0 Å². The van der Waals surface area contributed by atoms with Crippen LogP contribution in [-0.2, 0) is 0 Å². The third kappa shape index (κ3) is 1.60. The largest absolute Gasteiger partial charge is 0.213 e. The summed E-state index contributed by atoms with van der Waals surface area (Å²) in [6, 6.07) is 0. The first-order chi connectivity index (χ1) is 1.91. The maximum Gasteiger partial charge on any atom is 0.115 e. The molecule has 0 aliphatic carbocycles. The Hall–Kier alpha value is -0.400. The Kier molecular flexibility index (Phi) is 2.34. The van der Waals surface area contributed by atoms with E-state index < -0.39 is 0 Å². The maximum absolute atomic E-state index is 10.2. The molecule has 0 aromatic rings. The second kappa shape index (κ2) is 2.60. The van der Waals surface area contributed by atoms with Gasteiger partial charge in [-0.25, -0.2) is 8.78 Å². The van der Waals surface area contributed by atoms with Gasteiger partial charge in [-0.2, -0.15) is 0 Å².